The summed E-state index contributed by atoms with van der Waals surface area (Å²) >= 11 is 0. The molecule has 1 N–H and O–H groups in total. The molecule has 0 atom stereocenters. The molecule has 0 saturated carbocycles. The van der Waals surface area contributed by atoms with Gasteiger partial charge >= 0.3 is 6.18 Å². The van der Waals surface area contributed by atoms with E-state index in [0.717, 1.165) is 42.0 Å². The number of aryl methyl sites for hydroxylation is 1. The zero-order valence-electron chi connectivity index (χ0n) is 17.4. The van der Waals surface area contributed by atoms with E-state index in [4.69, 9.17) is 0 Å². The standard InChI is InChI=1S/C21H25F3N6.HI/c1-3-25-20(29(2)15-16-9-11-17(12-10-16)21(22,23)24)26-13-6-8-19-28-27-18-7-4-5-14-30(18)19;/h4-5,7,9-12,14H,3,6,8,13,15H2,1-2H3,(H,25,26);1H. The van der Waals surface area contributed by atoms with Crippen LogP contribution < -0.4 is 5.32 Å². The number of hydrogen-bond acceptors (Lipinski definition) is 3. The minimum absolute atomic E-state index is 0. The minimum atomic E-state index is -4.32. The molecule has 0 aliphatic rings. The Hall–Kier alpha value is -2.37. The molecule has 31 heavy (non-hydrogen) atoms. The van der Waals surface area contributed by atoms with E-state index < -0.39 is 11.7 Å². The first-order valence-electron chi connectivity index (χ1n) is 9.82. The molecule has 0 amide bonds. The molecule has 0 bridgehead atoms. The van der Waals surface area contributed by atoms with E-state index in [2.05, 4.69) is 20.5 Å². The van der Waals surface area contributed by atoms with E-state index in [0.29, 0.717) is 25.6 Å². The Bertz CT molecular complexity index is 985. The van der Waals surface area contributed by atoms with Crippen molar-refractivity contribution in [3.63, 3.8) is 0 Å². The van der Waals surface area contributed by atoms with Crippen LogP contribution >= 0.6 is 24.0 Å². The monoisotopic (exact) mass is 546 g/mol. The second kappa shape index (κ2) is 11.3. The van der Waals surface area contributed by atoms with Crippen molar-refractivity contribution in [3.8, 4) is 0 Å². The molecule has 0 radical (unpaired) electrons. The van der Waals surface area contributed by atoms with Gasteiger partial charge in [-0.1, -0.05) is 18.2 Å². The maximum Gasteiger partial charge on any atom is 0.416 e. The van der Waals surface area contributed by atoms with Crippen molar-refractivity contribution in [2.24, 2.45) is 4.99 Å². The van der Waals surface area contributed by atoms with Gasteiger partial charge in [-0.05, 0) is 43.2 Å². The average Bonchev–Trinajstić information content (AvgIpc) is 3.13. The Morgan fingerprint density at radius 2 is 1.87 bits per heavy atom. The minimum Gasteiger partial charge on any atom is -0.357 e. The van der Waals surface area contributed by atoms with E-state index in [-0.39, 0.29) is 24.0 Å². The van der Waals surface area contributed by atoms with Crippen LogP contribution in [-0.4, -0.2) is 45.6 Å². The molecule has 0 spiro atoms. The van der Waals surface area contributed by atoms with Crippen molar-refractivity contribution in [1.29, 1.82) is 0 Å². The molecule has 1 aromatic carbocycles. The number of nitrogens with one attached hydrogen (secondary N) is 1. The zero-order valence-corrected chi connectivity index (χ0v) is 19.8. The van der Waals surface area contributed by atoms with Crippen LogP contribution in [0.3, 0.4) is 0 Å². The third-order valence-electron chi connectivity index (χ3n) is 4.60. The first-order valence-corrected chi connectivity index (χ1v) is 9.82. The number of fused-ring (bicyclic) bond motifs is 1. The Kier molecular flexibility index (Phi) is 9.08. The topological polar surface area (TPSA) is 57.8 Å². The normalized spacial score (nSPS) is 12.0. The number of hydrogen-bond donors (Lipinski definition) is 1. The molecule has 0 saturated heterocycles. The van der Waals surface area contributed by atoms with Crippen LogP contribution in [0.2, 0.25) is 0 Å². The van der Waals surface area contributed by atoms with Crippen molar-refractivity contribution >= 4 is 35.6 Å². The van der Waals surface area contributed by atoms with Gasteiger partial charge in [-0.25, -0.2) is 0 Å². The molecule has 0 fully saturated rings. The maximum atomic E-state index is 12.7. The molecule has 0 aliphatic carbocycles. The highest BCUT2D eigenvalue weighted by Crippen LogP contribution is 2.29. The second-order valence-corrected chi connectivity index (χ2v) is 6.94. The largest absolute Gasteiger partial charge is 0.416 e. The summed E-state index contributed by atoms with van der Waals surface area (Å²) in [5.74, 6) is 1.60. The Labute approximate surface area is 196 Å². The molecule has 0 aliphatic heterocycles. The van der Waals surface area contributed by atoms with E-state index >= 15 is 0 Å². The summed E-state index contributed by atoms with van der Waals surface area (Å²) in [6.45, 7) is 3.73. The Morgan fingerprint density at radius 3 is 2.55 bits per heavy atom. The number of aliphatic imine (C=N–C) groups is 1. The number of nitrogens with zero attached hydrogens (tertiary/aromatic N) is 5. The third kappa shape index (κ3) is 6.81. The molecule has 0 unspecified atom stereocenters. The molecule has 3 rings (SSSR count). The molecule has 168 valence electrons. The van der Waals surface area contributed by atoms with Crippen LogP contribution in [0.4, 0.5) is 13.2 Å². The summed E-state index contributed by atoms with van der Waals surface area (Å²) in [6.07, 6.45) is -0.832. The average molecular weight is 546 g/mol. The predicted octanol–water partition coefficient (Wildman–Crippen LogP) is 4.40. The number of guanidine groups is 1. The third-order valence-corrected chi connectivity index (χ3v) is 4.60. The summed E-state index contributed by atoms with van der Waals surface area (Å²) in [5.41, 5.74) is 0.960. The van der Waals surface area contributed by atoms with Gasteiger partial charge in [0.2, 0.25) is 0 Å². The number of aromatic nitrogens is 3. The van der Waals surface area contributed by atoms with E-state index in [1.807, 2.05) is 47.7 Å². The van der Waals surface area contributed by atoms with Crippen molar-refractivity contribution in [2.75, 3.05) is 20.1 Å². The Morgan fingerprint density at radius 1 is 1.13 bits per heavy atom. The molecular formula is C21H26F3IN6. The fourth-order valence-electron chi connectivity index (χ4n) is 3.10. The van der Waals surface area contributed by atoms with Gasteiger partial charge in [-0.2, -0.15) is 13.2 Å². The van der Waals surface area contributed by atoms with Gasteiger partial charge < -0.3 is 10.2 Å². The van der Waals surface area contributed by atoms with Crippen molar-refractivity contribution < 1.29 is 13.2 Å². The first kappa shape index (κ1) is 24.9. The fraction of sp³-hybridized carbons (Fsp3) is 0.381. The molecule has 3 aromatic rings. The lowest BCUT2D eigenvalue weighted by molar-refractivity contribution is -0.137. The van der Waals surface area contributed by atoms with Crippen molar-refractivity contribution in [2.45, 2.75) is 32.5 Å². The van der Waals surface area contributed by atoms with E-state index in [9.17, 15) is 13.2 Å². The highest BCUT2D eigenvalue weighted by atomic mass is 127. The van der Waals surface area contributed by atoms with Gasteiger partial charge in [-0.3, -0.25) is 9.39 Å². The van der Waals surface area contributed by atoms with E-state index in [1.165, 1.54) is 12.1 Å². The van der Waals surface area contributed by atoms with Gasteiger partial charge in [0, 0.05) is 39.3 Å². The molecule has 10 heteroatoms. The van der Waals surface area contributed by atoms with Gasteiger partial charge in [-0.15, -0.1) is 34.2 Å². The van der Waals surface area contributed by atoms with Gasteiger partial charge in [0.05, 0.1) is 5.56 Å². The van der Waals surface area contributed by atoms with Crippen molar-refractivity contribution in [3.05, 3.63) is 65.6 Å². The number of pyridine rings is 1. The number of alkyl halides is 3. The number of benzene rings is 1. The summed E-state index contributed by atoms with van der Waals surface area (Å²) in [6, 6.07) is 11.0. The van der Waals surface area contributed by atoms with Crippen LogP contribution in [0.1, 0.15) is 30.3 Å². The fourth-order valence-corrected chi connectivity index (χ4v) is 3.10. The predicted molar refractivity (Wildman–Crippen MR) is 126 cm³/mol. The van der Waals surface area contributed by atoms with Gasteiger partial charge in [0.1, 0.15) is 5.82 Å². The lowest BCUT2D eigenvalue weighted by Gasteiger charge is -2.22. The second-order valence-electron chi connectivity index (χ2n) is 6.94. The quantitative estimate of drug-likeness (QED) is 0.207. The van der Waals surface area contributed by atoms with E-state index in [1.54, 1.807) is 0 Å². The van der Waals surface area contributed by atoms with Crippen LogP contribution in [0.25, 0.3) is 5.65 Å². The summed E-state index contributed by atoms with van der Waals surface area (Å²) in [7, 11) is 1.87. The van der Waals surface area contributed by atoms with Crippen LogP contribution in [0.15, 0.2) is 53.7 Å². The molecular weight excluding hydrogens is 520 g/mol. The highest BCUT2D eigenvalue weighted by Gasteiger charge is 2.29. The maximum absolute atomic E-state index is 12.7. The van der Waals surface area contributed by atoms with Crippen molar-refractivity contribution in [1.82, 2.24) is 24.8 Å². The zero-order chi connectivity index (χ0) is 21.6. The number of halogens is 4. The number of rotatable bonds is 7. The smallest absolute Gasteiger partial charge is 0.357 e. The molecule has 2 heterocycles. The van der Waals surface area contributed by atoms with Gasteiger partial charge in [0.25, 0.3) is 0 Å². The summed E-state index contributed by atoms with van der Waals surface area (Å²) in [4.78, 5) is 6.54. The summed E-state index contributed by atoms with van der Waals surface area (Å²) in [5, 5.41) is 11.6. The highest BCUT2D eigenvalue weighted by molar-refractivity contribution is 14.0. The van der Waals surface area contributed by atoms with Crippen LogP contribution in [0, 0.1) is 0 Å². The lowest BCUT2D eigenvalue weighted by Crippen LogP contribution is -2.38. The SMILES string of the molecule is CCNC(=NCCCc1nnc2ccccn12)N(C)Cc1ccc(C(F)(F)F)cc1.I. The van der Waals surface area contributed by atoms with Crippen LogP contribution in [0.5, 0.6) is 0 Å². The Balaban J connectivity index is 0.00000341. The molecule has 6 nitrogen and oxygen atoms in total. The molecule has 2 aromatic heterocycles. The summed E-state index contributed by atoms with van der Waals surface area (Å²) < 4.78 is 40.1. The first-order chi connectivity index (χ1) is 14.4. The van der Waals surface area contributed by atoms with Gasteiger partial charge in [0.15, 0.2) is 11.6 Å². The lowest BCUT2D eigenvalue weighted by atomic mass is 10.1. The van der Waals surface area contributed by atoms with Crippen LogP contribution in [-0.2, 0) is 19.1 Å².